The molecule has 3 aromatic rings. The minimum absolute atomic E-state index is 0.253. The SMILES string of the molecule is N#CCn1cc(/C=N\NC(=O)c2cccc(Cl)c2)c2ccccc21. The third-order valence-electron chi connectivity index (χ3n) is 3.52. The lowest BCUT2D eigenvalue weighted by Crippen LogP contribution is -2.17. The van der Waals surface area contributed by atoms with Gasteiger partial charge in [0.2, 0.25) is 0 Å². The topological polar surface area (TPSA) is 70.2 Å². The average Bonchev–Trinajstić information content (AvgIpc) is 2.93. The smallest absolute Gasteiger partial charge is 0.271 e. The Labute approximate surface area is 143 Å². The van der Waals surface area contributed by atoms with Crippen LogP contribution in [0, 0.1) is 11.3 Å². The molecule has 0 spiro atoms. The van der Waals surface area contributed by atoms with Gasteiger partial charge < -0.3 is 4.57 Å². The van der Waals surface area contributed by atoms with Crippen LogP contribution < -0.4 is 5.43 Å². The molecule has 0 atom stereocenters. The third-order valence-corrected chi connectivity index (χ3v) is 3.75. The van der Waals surface area contributed by atoms with E-state index < -0.39 is 0 Å². The molecule has 118 valence electrons. The Hall–Kier alpha value is -3.10. The number of para-hydroxylation sites is 1. The van der Waals surface area contributed by atoms with Crippen molar-refractivity contribution in [2.45, 2.75) is 6.54 Å². The molecule has 2 aromatic carbocycles. The van der Waals surface area contributed by atoms with Crippen LogP contribution in [-0.2, 0) is 6.54 Å². The lowest BCUT2D eigenvalue weighted by atomic mass is 10.2. The summed E-state index contributed by atoms with van der Waals surface area (Å²) in [5.74, 6) is -0.338. The Bertz CT molecular complexity index is 969. The van der Waals surface area contributed by atoms with Crippen LogP contribution in [0.2, 0.25) is 5.02 Å². The van der Waals surface area contributed by atoms with Gasteiger partial charge in [0, 0.05) is 33.2 Å². The van der Waals surface area contributed by atoms with Crippen LogP contribution >= 0.6 is 11.6 Å². The van der Waals surface area contributed by atoms with Crippen LogP contribution in [0.1, 0.15) is 15.9 Å². The third kappa shape index (κ3) is 3.29. The summed E-state index contributed by atoms with van der Waals surface area (Å²) < 4.78 is 1.84. The van der Waals surface area contributed by atoms with Crippen molar-refractivity contribution in [3.05, 3.63) is 70.9 Å². The van der Waals surface area contributed by atoms with Gasteiger partial charge in [0.1, 0.15) is 6.54 Å². The van der Waals surface area contributed by atoms with E-state index in [0.29, 0.717) is 10.6 Å². The van der Waals surface area contributed by atoms with Gasteiger partial charge in [-0.05, 0) is 24.3 Å². The molecule has 24 heavy (non-hydrogen) atoms. The van der Waals surface area contributed by atoms with Crippen molar-refractivity contribution in [2.75, 3.05) is 0 Å². The summed E-state index contributed by atoms with van der Waals surface area (Å²) in [7, 11) is 0. The van der Waals surface area contributed by atoms with Crippen molar-refractivity contribution < 1.29 is 4.79 Å². The minimum atomic E-state index is -0.338. The molecular weight excluding hydrogens is 324 g/mol. The summed E-state index contributed by atoms with van der Waals surface area (Å²) in [5, 5.41) is 14.4. The summed E-state index contributed by atoms with van der Waals surface area (Å²) in [6, 6.07) is 16.5. The van der Waals surface area contributed by atoms with Gasteiger partial charge in [-0.3, -0.25) is 4.79 Å². The zero-order valence-corrected chi connectivity index (χ0v) is 13.4. The number of halogens is 1. The number of hydrogen-bond acceptors (Lipinski definition) is 3. The van der Waals surface area contributed by atoms with Gasteiger partial charge in [0.25, 0.3) is 5.91 Å². The molecule has 0 unspecified atom stereocenters. The molecule has 5 nitrogen and oxygen atoms in total. The zero-order valence-electron chi connectivity index (χ0n) is 12.6. The van der Waals surface area contributed by atoms with Crippen molar-refractivity contribution in [2.24, 2.45) is 5.10 Å². The van der Waals surface area contributed by atoms with Gasteiger partial charge in [-0.1, -0.05) is 35.9 Å². The number of carbonyl (C=O) groups is 1. The van der Waals surface area contributed by atoms with Gasteiger partial charge in [-0.15, -0.1) is 0 Å². The molecule has 1 aromatic heterocycles. The van der Waals surface area contributed by atoms with Gasteiger partial charge >= 0.3 is 0 Å². The second kappa shape index (κ2) is 6.99. The highest BCUT2D eigenvalue weighted by Crippen LogP contribution is 2.19. The lowest BCUT2D eigenvalue weighted by Gasteiger charge is -1.99. The number of hydrazone groups is 1. The first kappa shape index (κ1) is 15.8. The van der Waals surface area contributed by atoms with Crippen LogP contribution in [-0.4, -0.2) is 16.7 Å². The molecule has 0 fully saturated rings. The van der Waals surface area contributed by atoms with Crippen LogP contribution in [0.3, 0.4) is 0 Å². The van der Waals surface area contributed by atoms with E-state index in [0.717, 1.165) is 16.5 Å². The highest BCUT2D eigenvalue weighted by atomic mass is 35.5. The van der Waals surface area contributed by atoms with E-state index in [1.807, 2.05) is 35.0 Å². The molecule has 0 aliphatic carbocycles. The van der Waals surface area contributed by atoms with Crippen molar-refractivity contribution in [1.82, 2.24) is 9.99 Å². The number of rotatable bonds is 4. The van der Waals surface area contributed by atoms with Crippen molar-refractivity contribution in [3.63, 3.8) is 0 Å². The fourth-order valence-corrected chi connectivity index (χ4v) is 2.63. The maximum absolute atomic E-state index is 12.0. The molecule has 0 saturated carbocycles. The summed E-state index contributed by atoms with van der Waals surface area (Å²) >= 11 is 5.87. The molecule has 0 aliphatic rings. The number of nitrogens with zero attached hydrogens (tertiary/aromatic N) is 3. The van der Waals surface area contributed by atoms with Crippen LogP contribution in [0.4, 0.5) is 0 Å². The molecule has 1 amide bonds. The number of benzene rings is 2. The van der Waals surface area contributed by atoms with Gasteiger partial charge in [0.15, 0.2) is 0 Å². The largest absolute Gasteiger partial charge is 0.333 e. The van der Waals surface area contributed by atoms with Crippen LogP contribution in [0.5, 0.6) is 0 Å². The molecule has 0 radical (unpaired) electrons. The Kier molecular flexibility index (Phi) is 4.59. The average molecular weight is 337 g/mol. The van der Waals surface area contributed by atoms with Crippen LogP contribution in [0.25, 0.3) is 10.9 Å². The number of amides is 1. The fourth-order valence-electron chi connectivity index (χ4n) is 2.44. The molecule has 3 rings (SSSR count). The number of fused-ring (bicyclic) bond motifs is 1. The van der Waals surface area contributed by atoms with E-state index >= 15 is 0 Å². The number of carbonyl (C=O) groups excluding carboxylic acids is 1. The second-order valence-corrected chi connectivity index (χ2v) is 5.53. The van der Waals surface area contributed by atoms with Gasteiger partial charge in [-0.2, -0.15) is 10.4 Å². The first-order valence-corrected chi connectivity index (χ1v) is 7.60. The van der Waals surface area contributed by atoms with Crippen molar-refractivity contribution in [1.29, 1.82) is 5.26 Å². The predicted molar refractivity (Wildman–Crippen MR) is 94.1 cm³/mol. The summed E-state index contributed by atoms with van der Waals surface area (Å²) in [6.07, 6.45) is 3.40. The number of nitrogens with one attached hydrogen (secondary N) is 1. The molecule has 6 heteroatoms. The quantitative estimate of drug-likeness (QED) is 0.584. The normalized spacial score (nSPS) is 10.8. The van der Waals surface area contributed by atoms with E-state index in [2.05, 4.69) is 16.6 Å². The molecule has 1 N–H and O–H groups in total. The van der Waals surface area contributed by atoms with E-state index in [4.69, 9.17) is 16.9 Å². The lowest BCUT2D eigenvalue weighted by molar-refractivity contribution is 0.0955. The number of aromatic nitrogens is 1. The van der Waals surface area contributed by atoms with Crippen molar-refractivity contribution >= 4 is 34.6 Å². The summed E-state index contributed by atoms with van der Waals surface area (Å²) in [5.41, 5.74) is 4.69. The monoisotopic (exact) mass is 336 g/mol. The maximum Gasteiger partial charge on any atom is 0.271 e. The molecule has 0 saturated heterocycles. The van der Waals surface area contributed by atoms with E-state index in [9.17, 15) is 4.79 Å². The number of hydrogen-bond donors (Lipinski definition) is 1. The molecular formula is C18H13ClN4O. The fraction of sp³-hybridized carbons (Fsp3) is 0.0556. The molecule has 0 bridgehead atoms. The highest BCUT2D eigenvalue weighted by molar-refractivity contribution is 6.30. The standard InChI is InChI=1S/C18H13ClN4O/c19-15-5-3-4-13(10-15)18(24)22-21-11-14-12-23(9-8-20)17-7-2-1-6-16(14)17/h1-7,10-12H,9H2,(H,22,24)/b21-11-. The Morgan fingerprint density at radius 1 is 1.29 bits per heavy atom. The molecule has 0 aliphatic heterocycles. The predicted octanol–water partition coefficient (Wildman–Crippen LogP) is 3.58. The number of nitriles is 1. The minimum Gasteiger partial charge on any atom is -0.333 e. The first-order chi connectivity index (χ1) is 11.7. The van der Waals surface area contributed by atoms with Crippen molar-refractivity contribution in [3.8, 4) is 6.07 Å². The zero-order chi connectivity index (χ0) is 16.9. The van der Waals surface area contributed by atoms with E-state index in [1.165, 1.54) is 0 Å². The first-order valence-electron chi connectivity index (χ1n) is 7.23. The van der Waals surface area contributed by atoms with Crippen LogP contribution in [0.15, 0.2) is 59.8 Å². The second-order valence-electron chi connectivity index (χ2n) is 5.10. The summed E-state index contributed by atoms with van der Waals surface area (Å²) in [6.45, 7) is 0.253. The summed E-state index contributed by atoms with van der Waals surface area (Å²) in [4.78, 5) is 12.0. The Morgan fingerprint density at radius 3 is 2.92 bits per heavy atom. The van der Waals surface area contributed by atoms with E-state index in [-0.39, 0.29) is 12.5 Å². The Morgan fingerprint density at radius 2 is 2.12 bits per heavy atom. The van der Waals surface area contributed by atoms with E-state index in [1.54, 1.807) is 30.5 Å². The Balaban J connectivity index is 1.81. The molecule has 1 heterocycles. The highest BCUT2D eigenvalue weighted by Gasteiger charge is 2.07. The maximum atomic E-state index is 12.0. The van der Waals surface area contributed by atoms with Gasteiger partial charge in [-0.25, -0.2) is 5.43 Å². The van der Waals surface area contributed by atoms with Gasteiger partial charge in [0.05, 0.1) is 12.3 Å².